The van der Waals surface area contributed by atoms with Crippen LogP contribution in [0, 0.1) is 11.8 Å². The maximum Gasteiger partial charge on any atom is 0.234 e. The van der Waals surface area contributed by atoms with Crippen molar-refractivity contribution in [3.05, 3.63) is 60.7 Å². The van der Waals surface area contributed by atoms with E-state index in [0.29, 0.717) is 24.2 Å². The van der Waals surface area contributed by atoms with Crippen LogP contribution in [0.1, 0.15) is 32.1 Å². The van der Waals surface area contributed by atoms with Crippen molar-refractivity contribution >= 4 is 29.0 Å². The molecule has 2 aromatic rings. The summed E-state index contributed by atoms with van der Waals surface area (Å²) in [5.41, 5.74) is 1.31. The standard InChI is InChI=1S/C22H24N2O3/c25-20-18(21(26)23-16-10-4-1-5-11-16)14-8-3-9-15-19(20)22(27)24-17-12-6-2-7-13-17/h1-2,4-7,10-13,18-19H,3,8-9,14-15H2,(H,23,26)(H,24,27)/t18-,19-/m1/s1. The number of benzene rings is 2. The van der Waals surface area contributed by atoms with E-state index in [2.05, 4.69) is 10.6 Å². The van der Waals surface area contributed by atoms with Crippen LogP contribution in [0.5, 0.6) is 0 Å². The molecule has 27 heavy (non-hydrogen) atoms. The second-order valence-corrected chi connectivity index (χ2v) is 6.86. The lowest BCUT2D eigenvalue weighted by Gasteiger charge is -2.24. The summed E-state index contributed by atoms with van der Waals surface area (Å²) in [6.07, 6.45) is 3.49. The van der Waals surface area contributed by atoms with Crippen LogP contribution < -0.4 is 10.6 Å². The van der Waals surface area contributed by atoms with E-state index in [4.69, 9.17) is 0 Å². The summed E-state index contributed by atoms with van der Waals surface area (Å²) in [5, 5.41) is 5.62. The third kappa shape index (κ3) is 5.03. The average molecular weight is 364 g/mol. The van der Waals surface area contributed by atoms with Crippen molar-refractivity contribution in [2.45, 2.75) is 32.1 Å². The molecule has 5 heteroatoms. The van der Waals surface area contributed by atoms with Crippen LogP contribution in [-0.2, 0) is 14.4 Å². The molecule has 0 unspecified atom stereocenters. The Labute approximate surface area is 159 Å². The van der Waals surface area contributed by atoms with Gasteiger partial charge in [0.25, 0.3) is 0 Å². The molecule has 0 aromatic heterocycles. The van der Waals surface area contributed by atoms with Gasteiger partial charge in [-0.3, -0.25) is 14.4 Å². The predicted molar refractivity (Wildman–Crippen MR) is 105 cm³/mol. The maximum atomic E-state index is 13.0. The van der Waals surface area contributed by atoms with Gasteiger partial charge in [-0.05, 0) is 37.1 Å². The third-order valence-electron chi connectivity index (χ3n) is 4.89. The Hall–Kier alpha value is -2.95. The first-order valence-electron chi connectivity index (χ1n) is 9.40. The molecule has 3 rings (SSSR count). The number of hydrogen-bond donors (Lipinski definition) is 2. The van der Waals surface area contributed by atoms with Crippen molar-refractivity contribution in [1.29, 1.82) is 0 Å². The normalized spacial score (nSPS) is 20.2. The molecule has 5 nitrogen and oxygen atoms in total. The number of carbonyl (C=O) groups is 3. The van der Waals surface area contributed by atoms with Crippen LogP contribution in [-0.4, -0.2) is 17.6 Å². The van der Waals surface area contributed by atoms with Gasteiger partial charge >= 0.3 is 0 Å². The fourth-order valence-electron chi connectivity index (χ4n) is 3.42. The van der Waals surface area contributed by atoms with E-state index in [1.165, 1.54) is 0 Å². The van der Waals surface area contributed by atoms with E-state index in [1.54, 1.807) is 24.3 Å². The quantitative estimate of drug-likeness (QED) is 0.804. The van der Waals surface area contributed by atoms with Crippen molar-refractivity contribution in [2.75, 3.05) is 10.6 Å². The monoisotopic (exact) mass is 364 g/mol. The highest BCUT2D eigenvalue weighted by molar-refractivity contribution is 6.15. The van der Waals surface area contributed by atoms with Gasteiger partial charge in [-0.15, -0.1) is 0 Å². The van der Waals surface area contributed by atoms with Gasteiger partial charge in [0.2, 0.25) is 11.8 Å². The first-order chi connectivity index (χ1) is 13.1. The lowest BCUT2D eigenvalue weighted by molar-refractivity contribution is -0.138. The summed E-state index contributed by atoms with van der Waals surface area (Å²) in [4.78, 5) is 38.5. The SMILES string of the molecule is O=C(Nc1ccccc1)[C@@H]1CCCCC[C@@H](C(=O)Nc2ccccc2)C1=O. The zero-order valence-electron chi connectivity index (χ0n) is 15.2. The van der Waals surface area contributed by atoms with Crippen LogP contribution in [0.15, 0.2) is 60.7 Å². The van der Waals surface area contributed by atoms with Crippen molar-refractivity contribution in [3.8, 4) is 0 Å². The number of nitrogens with one attached hydrogen (secondary N) is 2. The average Bonchev–Trinajstić information content (AvgIpc) is 2.66. The molecule has 2 amide bonds. The number of hydrogen-bond acceptors (Lipinski definition) is 3. The second-order valence-electron chi connectivity index (χ2n) is 6.86. The predicted octanol–water partition coefficient (Wildman–Crippen LogP) is 4.03. The maximum absolute atomic E-state index is 13.0. The Morgan fingerprint density at radius 1 is 0.667 bits per heavy atom. The smallest absolute Gasteiger partial charge is 0.234 e. The molecule has 2 atom stereocenters. The number of rotatable bonds is 4. The highest BCUT2D eigenvalue weighted by Crippen LogP contribution is 2.26. The molecule has 0 bridgehead atoms. The first kappa shape index (κ1) is 18.8. The topological polar surface area (TPSA) is 75.3 Å². The lowest BCUT2D eigenvalue weighted by atomic mass is 9.82. The number of Topliss-reactive ketones (excluding diaryl/α,β-unsaturated/α-hetero) is 1. The minimum Gasteiger partial charge on any atom is -0.325 e. The number of para-hydroxylation sites is 2. The molecule has 0 heterocycles. The third-order valence-corrected chi connectivity index (χ3v) is 4.89. The molecule has 1 fully saturated rings. The first-order valence-corrected chi connectivity index (χ1v) is 9.40. The summed E-state index contributed by atoms with van der Waals surface area (Å²) in [5.74, 6) is -2.53. The summed E-state index contributed by atoms with van der Waals surface area (Å²) in [6, 6.07) is 18.2. The summed E-state index contributed by atoms with van der Waals surface area (Å²) < 4.78 is 0. The van der Waals surface area contributed by atoms with Gasteiger partial charge < -0.3 is 10.6 Å². The van der Waals surface area contributed by atoms with Gasteiger partial charge in [0.05, 0.1) is 11.8 Å². The van der Waals surface area contributed by atoms with Crippen LogP contribution in [0.25, 0.3) is 0 Å². The molecule has 0 spiro atoms. The van der Waals surface area contributed by atoms with E-state index >= 15 is 0 Å². The minimum atomic E-state index is -0.794. The Morgan fingerprint density at radius 3 is 1.48 bits per heavy atom. The number of anilines is 2. The van der Waals surface area contributed by atoms with Crippen LogP contribution >= 0.6 is 0 Å². The summed E-state index contributed by atoms with van der Waals surface area (Å²) in [6.45, 7) is 0. The number of ketones is 1. The van der Waals surface area contributed by atoms with E-state index in [9.17, 15) is 14.4 Å². The van der Waals surface area contributed by atoms with E-state index in [-0.39, 0.29) is 17.6 Å². The molecule has 2 aromatic carbocycles. The molecule has 1 saturated carbocycles. The lowest BCUT2D eigenvalue weighted by Crippen LogP contribution is -2.40. The highest BCUT2D eigenvalue weighted by Gasteiger charge is 2.37. The van der Waals surface area contributed by atoms with Crippen molar-refractivity contribution in [1.82, 2.24) is 0 Å². The molecular formula is C22H24N2O3. The van der Waals surface area contributed by atoms with Crippen LogP contribution in [0.4, 0.5) is 11.4 Å². The largest absolute Gasteiger partial charge is 0.325 e. The minimum absolute atomic E-state index is 0.281. The van der Waals surface area contributed by atoms with Gasteiger partial charge in [-0.1, -0.05) is 55.7 Å². The molecule has 140 valence electrons. The van der Waals surface area contributed by atoms with Crippen LogP contribution in [0.2, 0.25) is 0 Å². The second kappa shape index (κ2) is 9.12. The van der Waals surface area contributed by atoms with Crippen LogP contribution in [0.3, 0.4) is 0 Å². The summed E-state index contributed by atoms with van der Waals surface area (Å²) >= 11 is 0. The van der Waals surface area contributed by atoms with E-state index in [1.807, 2.05) is 36.4 Å². The zero-order valence-corrected chi connectivity index (χ0v) is 15.2. The molecule has 0 radical (unpaired) electrons. The summed E-state index contributed by atoms with van der Waals surface area (Å²) in [7, 11) is 0. The fourth-order valence-corrected chi connectivity index (χ4v) is 3.42. The Morgan fingerprint density at radius 2 is 1.07 bits per heavy atom. The fraction of sp³-hybridized carbons (Fsp3) is 0.318. The van der Waals surface area contributed by atoms with Crippen molar-refractivity contribution in [3.63, 3.8) is 0 Å². The van der Waals surface area contributed by atoms with Gasteiger partial charge in [0.15, 0.2) is 5.78 Å². The highest BCUT2D eigenvalue weighted by atomic mass is 16.2. The van der Waals surface area contributed by atoms with Crippen molar-refractivity contribution < 1.29 is 14.4 Å². The molecule has 0 saturated heterocycles. The number of carbonyl (C=O) groups excluding carboxylic acids is 3. The Bertz CT molecular complexity index is 724. The van der Waals surface area contributed by atoms with E-state index in [0.717, 1.165) is 19.3 Å². The molecule has 0 aliphatic heterocycles. The van der Waals surface area contributed by atoms with Gasteiger partial charge in [-0.2, -0.15) is 0 Å². The van der Waals surface area contributed by atoms with Gasteiger partial charge in [0.1, 0.15) is 0 Å². The van der Waals surface area contributed by atoms with E-state index < -0.39 is 11.8 Å². The van der Waals surface area contributed by atoms with Gasteiger partial charge in [-0.25, -0.2) is 0 Å². The molecule has 1 aliphatic carbocycles. The molecular weight excluding hydrogens is 340 g/mol. The van der Waals surface area contributed by atoms with Crippen molar-refractivity contribution in [2.24, 2.45) is 11.8 Å². The molecule has 2 N–H and O–H groups in total. The zero-order chi connectivity index (χ0) is 19.1. The molecule has 1 aliphatic rings. The number of amides is 2. The van der Waals surface area contributed by atoms with Gasteiger partial charge in [0, 0.05) is 11.4 Å². The Kier molecular flexibility index (Phi) is 6.36. The Balaban J connectivity index is 1.73.